The van der Waals surface area contributed by atoms with Crippen molar-refractivity contribution in [3.8, 4) is 0 Å². The van der Waals surface area contributed by atoms with E-state index in [9.17, 15) is 4.79 Å². The summed E-state index contributed by atoms with van der Waals surface area (Å²) in [4.78, 5) is 25.0. The predicted molar refractivity (Wildman–Crippen MR) is 108 cm³/mol. The Labute approximate surface area is 164 Å². The SMILES string of the molecule is CCCN(Cc1nccn1C)C(=O)C1CC2(CCN(C)CC2)CN1CCC. The van der Waals surface area contributed by atoms with E-state index in [0.29, 0.717) is 17.9 Å². The summed E-state index contributed by atoms with van der Waals surface area (Å²) in [5, 5.41) is 0. The third-order valence-electron chi connectivity index (χ3n) is 6.51. The molecule has 0 N–H and O–H groups in total. The molecule has 1 spiro atoms. The molecule has 0 saturated carbocycles. The number of aryl methyl sites for hydroxylation is 1. The Morgan fingerprint density at radius 3 is 2.59 bits per heavy atom. The van der Waals surface area contributed by atoms with Gasteiger partial charge >= 0.3 is 0 Å². The first kappa shape index (κ1) is 20.3. The number of piperidine rings is 1. The first-order chi connectivity index (χ1) is 13.0. The van der Waals surface area contributed by atoms with Crippen molar-refractivity contribution in [1.29, 1.82) is 0 Å². The lowest BCUT2D eigenvalue weighted by atomic mass is 9.76. The number of amides is 1. The Bertz CT molecular complexity index is 620. The Hall–Kier alpha value is -1.40. The van der Waals surface area contributed by atoms with Gasteiger partial charge in [-0.25, -0.2) is 4.98 Å². The molecule has 1 aromatic heterocycles. The average molecular weight is 376 g/mol. The molecule has 0 aromatic carbocycles. The summed E-state index contributed by atoms with van der Waals surface area (Å²) in [6.07, 6.45) is 9.33. The van der Waals surface area contributed by atoms with E-state index < -0.39 is 0 Å². The fourth-order valence-electron chi connectivity index (χ4n) is 4.83. The molecule has 1 amide bonds. The lowest BCUT2D eigenvalue weighted by molar-refractivity contribution is -0.136. The highest BCUT2D eigenvalue weighted by molar-refractivity contribution is 5.82. The van der Waals surface area contributed by atoms with Crippen molar-refractivity contribution >= 4 is 5.91 Å². The number of hydrogen-bond acceptors (Lipinski definition) is 4. The van der Waals surface area contributed by atoms with Crippen molar-refractivity contribution in [2.75, 3.05) is 39.8 Å². The van der Waals surface area contributed by atoms with Gasteiger partial charge in [0.15, 0.2) is 0 Å². The van der Waals surface area contributed by atoms with Crippen LogP contribution in [-0.4, -0.2) is 76.0 Å². The van der Waals surface area contributed by atoms with Crippen LogP contribution in [0.2, 0.25) is 0 Å². The van der Waals surface area contributed by atoms with Crippen molar-refractivity contribution < 1.29 is 4.79 Å². The van der Waals surface area contributed by atoms with Gasteiger partial charge in [0.2, 0.25) is 5.91 Å². The maximum atomic E-state index is 13.6. The van der Waals surface area contributed by atoms with Crippen LogP contribution in [0.5, 0.6) is 0 Å². The summed E-state index contributed by atoms with van der Waals surface area (Å²) < 4.78 is 2.02. The van der Waals surface area contributed by atoms with Crippen molar-refractivity contribution in [2.45, 2.75) is 58.5 Å². The molecule has 1 unspecified atom stereocenters. The maximum Gasteiger partial charge on any atom is 0.240 e. The minimum atomic E-state index is 0.0418. The predicted octanol–water partition coefficient (Wildman–Crippen LogP) is 2.35. The van der Waals surface area contributed by atoms with Gasteiger partial charge in [-0.15, -0.1) is 0 Å². The third-order valence-corrected chi connectivity index (χ3v) is 6.51. The largest absolute Gasteiger partial charge is 0.337 e. The molecule has 6 heteroatoms. The quantitative estimate of drug-likeness (QED) is 0.734. The Kier molecular flexibility index (Phi) is 6.58. The molecule has 2 aliphatic heterocycles. The molecular weight excluding hydrogens is 338 g/mol. The van der Waals surface area contributed by atoms with Crippen molar-refractivity contribution in [3.05, 3.63) is 18.2 Å². The average Bonchev–Trinajstić information content (AvgIpc) is 3.21. The van der Waals surface area contributed by atoms with E-state index in [1.54, 1.807) is 0 Å². The van der Waals surface area contributed by atoms with Gasteiger partial charge < -0.3 is 14.4 Å². The number of aromatic nitrogens is 2. The van der Waals surface area contributed by atoms with Gasteiger partial charge in [0.25, 0.3) is 0 Å². The highest BCUT2D eigenvalue weighted by Crippen LogP contribution is 2.43. The first-order valence-electron chi connectivity index (χ1n) is 10.7. The van der Waals surface area contributed by atoms with Crippen molar-refractivity contribution in [3.63, 3.8) is 0 Å². The van der Waals surface area contributed by atoms with Crippen LogP contribution >= 0.6 is 0 Å². The first-order valence-corrected chi connectivity index (χ1v) is 10.7. The van der Waals surface area contributed by atoms with Gasteiger partial charge in [0.1, 0.15) is 5.82 Å². The van der Waals surface area contributed by atoms with Crippen LogP contribution in [0.25, 0.3) is 0 Å². The molecule has 0 aliphatic carbocycles. The smallest absolute Gasteiger partial charge is 0.240 e. The second-order valence-corrected chi connectivity index (χ2v) is 8.71. The second kappa shape index (κ2) is 8.74. The summed E-state index contributed by atoms with van der Waals surface area (Å²) in [5.41, 5.74) is 0.336. The monoisotopic (exact) mass is 375 g/mol. The topological polar surface area (TPSA) is 44.6 Å². The molecule has 0 bridgehead atoms. The number of hydrogen-bond donors (Lipinski definition) is 0. The number of nitrogens with zero attached hydrogens (tertiary/aromatic N) is 5. The summed E-state index contributed by atoms with van der Waals surface area (Å²) >= 11 is 0. The summed E-state index contributed by atoms with van der Waals surface area (Å²) in [6, 6.07) is 0.0418. The van der Waals surface area contributed by atoms with E-state index in [4.69, 9.17) is 0 Å². The zero-order valence-corrected chi connectivity index (χ0v) is 17.7. The van der Waals surface area contributed by atoms with Gasteiger partial charge in [-0.1, -0.05) is 13.8 Å². The fourth-order valence-corrected chi connectivity index (χ4v) is 4.83. The molecule has 6 nitrogen and oxygen atoms in total. The zero-order chi connectivity index (χ0) is 19.4. The van der Waals surface area contributed by atoms with Gasteiger partial charge in [-0.2, -0.15) is 0 Å². The normalized spacial score (nSPS) is 23.2. The number of likely N-dealkylation sites (tertiary alicyclic amines) is 2. The van der Waals surface area contributed by atoms with E-state index in [-0.39, 0.29) is 6.04 Å². The zero-order valence-electron chi connectivity index (χ0n) is 17.7. The van der Waals surface area contributed by atoms with E-state index in [1.807, 2.05) is 28.9 Å². The van der Waals surface area contributed by atoms with Crippen LogP contribution in [0.15, 0.2) is 12.4 Å². The molecule has 2 aliphatic rings. The van der Waals surface area contributed by atoms with Gasteiger partial charge in [0, 0.05) is 32.5 Å². The van der Waals surface area contributed by atoms with E-state index >= 15 is 0 Å². The molecule has 0 radical (unpaired) electrons. The van der Waals surface area contributed by atoms with Crippen LogP contribution in [0.4, 0.5) is 0 Å². The molecule has 27 heavy (non-hydrogen) atoms. The molecule has 152 valence electrons. The highest BCUT2D eigenvalue weighted by atomic mass is 16.2. The Morgan fingerprint density at radius 2 is 2.00 bits per heavy atom. The Balaban J connectivity index is 1.75. The number of imidazole rings is 1. The van der Waals surface area contributed by atoms with Crippen LogP contribution in [-0.2, 0) is 18.4 Å². The van der Waals surface area contributed by atoms with Crippen LogP contribution in [0, 0.1) is 5.41 Å². The van der Waals surface area contributed by atoms with Crippen molar-refractivity contribution in [1.82, 2.24) is 24.3 Å². The highest BCUT2D eigenvalue weighted by Gasteiger charge is 2.48. The van der Waals surface area contributed by atoms with Gasteiger partial charge in [-0.05, 0) is 64.2 Å². The summed E-state index contributed by atoms with van der Waals surface area (Å²) in [5.74, 6) is 1.27. The minimum Gasteiger partial charge on any atom is -0.337 e. The fraction of sp³-hybridized carbons (Fsp3) is 0.810. The minimum absolute atomic E-state index is 0.0418. The van der Waals surface area contributed by atoms with Crippen LogP contribution in [0.3, 0.4) is 0 Å². The lowest BCUT2D eigenvalue weighted by Crippen LogP contribution is -2.46. The summed E-state index contributed by atoms with van der Waals surface area (Å²) in [6.45, 7) is 10.2. The van der Waals surface area contributed by atoms with E-state index in [1.165, 1.54) is 12.8 Å². The second-order valence-electron chi connectivity index (χ2n) is 8.71. The molecule has 2 saturated heterocycles. The number of carbonyl (C=O) groups is 1. The lowest BCUT2D eigenvalue weighted by Gasteiger charge is -2.37. The summed E-state index contributed by atoms with van der Waals surface area (Å²) in [7, 11) is 4.22. The van der Waals surface area contributed by atoms with Gasteiger partial charge in [0.05, 0.1) is 12.6 Å². The van der Waals surface area contributed by atoms with Crippen LogP contribution in [0.1, 0.15) is 51.8 Å². The standard InChI is InChI=1S/C21H37N5O/c1-5-10-25(16-19-22-9-14-24(19)4)20(27)18-15-21(17-26(18)11-6-2)7-12-23(3)13-8-21/h9,14,18H,5-8,10-13,15-17H2,1-4H3. The van der Waals surface area contributed by atoms with E-state index in [2.05, 4.69) is 35.7 Å². The van der Waals surface area contributed by atoms with Crippen molar-refractivity contribution in [2.24, 2.45) is 12.5 Å². The van der Waals surface area contributed by atoms with E-state index in [0.717, 1.165) is 57.8 Å². The molecule has 1 aromatic rings. The molecule has 2 fully saturated rings. The molecular formula is C21H37N5O. The van der Waals surface area contributed by atoms with Crippen LogP contribution < -0.4 is 0 Å². The molecule has 1 atom stereocenters. The van der Waals surface area contributed by atoms with Gasteiger partial charge in [-0.3, -0.25) is 9.69 Å². The maximum absolute atomic E-state index is 13.6. The third kappa shape index (κ3) is 4.54. The Morgan fingerprint density at radius 1 is 1.26 bits per heavy atom. The molecule has 3 rings (SSSR count). The number of rotatable bonds is 7. The number of carbonyl (C=O) groups excluding carboxylic acids is 1. The molecule has 3 heterocycles.